The third kappa shape index (κ3) is 7.51. The fourth-order valence-electron chi connectivity index (χ4n) is 2.57. The molecule has 0 spiro atoms. The van der Waals surface area contributed by atoms with E-state index in [0.717, 1.165) is 36.6 Å². The van der Waals surface area contributed by atoms with Gasteiger partial charge in [0.15, 0.2) is 0 Å². The lowest BCUT2D eigenvalue weighted by molar-refractivity contribution is 0.306. The molecule has 0 N–H and O–H groups in total. The number of hydrogen-bond acceptors (Lipinski definition) is 3. The summed E-state index contributed by atoms with van der Waals surface area (Å²) >= 11 is 0. The number of rotatable bonds is 11. The van der Waals surface area contributed by atoms with E-state index in [0.29, 0.717) is 0 Å². The molecule has 0 aliphatic rings. The predicted octanol–water partition coefficient (Wildman–Crippen LogP) is 7.40. The van der Waals surface area contributed by atoms with E-state index < -0.39 is 0 Å². The van der Waals surface area contributed by atoms with Crippen LogP contribution in [0.1, 0.15) is 57.9 Å². The molecule has 0 aliphatic carbocycles. The summed E-state index contributed by atoms with van der Waals surface area (Å²) in [7, 11) is 0. The minimum Gasteiger partial charge on any atom is -0.494 e. The molecule has 0 amide bonds. The molecule has 3 heteroatoms. The molecule has 0 aliphatic heterocycles. The highest BCUT2D eigenvalue weighted by Crippen LogP contribution is 2.22. The third-order valence-corrected chi connectivity index (χ3v) is 4.14. The van der Waals surface area contributed by atoms with Gasteiger partial charge in [-0.05, 0) is 61.2 Å². The van der Waals surface area contributed by atoms with Gasteiger partial charge >= 0.3 is 0 Å². The highest BCUT2D eigenvalue weighted by atomic mass is 16.5. The van der Waals surface area contributed by atoms with Crippen molar-refractivity contribution in [1.82, 2.24) is 0 Å². The lowest BCUT2D eigenvalue weighted by atomic mass is 10.1. The Bertz CT molecular complexity index is 617. The molecule has 0 bridgehead atoms. The van der Waals surface area contributed by atoms with Gasteiger partial charge < -0.3 is 4.74 Å². The minimum absolute atomic E-state index is 0.777. The van der Waals surface area contributed by atoms with Crippen molar-refractivity contribution in [2.75, 3.05) is 6.61 Å². The first-order valence-corrected chi connectivity index (χ1v) is 9.55. The summed E-state index contributed by atoms with van der Waals surface area (Å²) in [5, 5.41) is 8.62. The third-order valence-electron chi connectivity index (χ3n) is 4.14. The van der Waals surface area contributed by atoms with Crippen molar-refractivity contribution in [3.05, 3.63) is 54.1 Å². The quantitative estimate of drug-likeness (QED) is 0.310. The van der Waals surface area contributed by atoms with Gasteiger partial charge in [-0.2, -0.15) is 10.2 Å². The number of ether oxygens (including phenoxy) is 1. The van der Waals surface area contributed by atoms with Gasteiger partial charge in [-0.25, -0.2) is 0 Å². The topological polar surface area (TPSA) is 34.0 Å². The Morgan fingerprint density at radius 3 is 1.84 bits per heavy atom. The number of nitrogens with zero attached hydrogens (tertiary/aromatic N) is 2. The molecule has 0 fully saturated rings. The van der Waals surface area contributed by atoms with E-state index in [1.807, 2.05) is 36.4 Å². The molecule has 0 saturated heterocycles. The van der Waals surface area contributed by atoms with Gasteiger partial charge in [0, 0.05) is 0 Å². The van der Waals surface area contributed by atoms with Gasteiger partial charge in [-0.15, -0.1) is 0 Å². The molecule has 0 saturated carbocycles. The standard InChI is InChI=1S/C22H30N2O/c1-3-5-7-9-19-10-12-20(13-11-19)23-24-21-14-16-22(17-15-21)25-18-8-6-4-2/h10-17H,3-9,18H2,1-2H3. The largest absolute Gasteiger partial charge is 0.494 e. The van der Waals surface area contributed by atoms with Crippen molar-refractivity contribution < 1.29 is 4.74 Å². The van der Waals surface area contributed by atoms with Crippen LogP contribution >= 0.6 is 0 Å². The maximum absolute atomic E-state index is 5.71. The molecule has 2 rings (SSSR count). The molecule has 3 nitrogen and oxygen atoms in total. The van der Waals surface area contributed by atoms with E-state index in [1.54, 1.807) is 0 Å². The zero-order valence-electron chi connectivity index (χ0n) is 15.6. The second-order valence-corrected chi connectivity index (χ2v) is 6.37. The summed E-state index contributed by atoms with van der Waals surface area (Å²) in [5.74, 6) is 0.895. The van der Waals surface area contributed by atoms with Gasteiger partial charge in [0.05, 0.1) is 18.0 Å². The van der Waals surface area contributed by atoms with Gasteiger partial charge in [0.2, 0.25) is 0 Å². The Hall–Kier alpha value is -2.16. The van der Waals surface area contributed by atoms with Crippen LogP contribution in [-0.4, -0.2) is 6.61 Å². The first kappa shape index (κ1) is 19.2. The van der Waals surface area contributed by atoms with Gasteiger partial charge in [0.25, 0.3) is 0 Å². The Kier molecular flexibility index (Phi) is 8.74. The molecule has 25 heavy (non-hydrogen) atoms. The predicted molar refractivity (Wildman–Crippen MR) is 105 cm³/mol. The van der Waals surface area contributed by atoms with Crippen molar-refractivity contribution in [2.45, 2.75) is 58.8 Å². The zero-order chi connectivity index (χ0) is 17.7. The lowest BCUT2D eigenvalue weighted by Crippen LogP contribution is -1.96. The first-order valence-electron chi connectivity index (χ1n) is 9.55. The van der Waals surface area contributed by atoms with Crippen molar-refractivity contribution in [3.63, 3.8) is 0 Å². The van der Waals surface area contributed by atoms with Crippen LogP contribution in [0.5, 0.6) is 5.75 Å². The van der Waals surface area contributed by atoms with Crippen molar-refractivity contribution in [3.8, 4) is 5.75 Å². The SMILES string of the molecule is CCCCCOc1ccc(N=Nc2ccc(CCCCC)cc2)cc1. The Morgan fingerprint density at radius 1 is 0.680 bits per heavy atom. The van der Waals surface area contributed by atoms with E-state index >= 15 is 0 Å². The van der Waals surface area contributed by atoms with Crippen LogP contribution in [0.3, 0.4) is 0 Å². The molecule has 2 aromatic carbocycles. The zero-order valence-corrected chi connectivity index (χ0v) is 15.6. The minimum atomic E-state index is 0.777. The van der Waals surface area contributed by atoms with Crippen LogP contribution in [0.2, 0.25) is 0 Å². The van der Waals surface area contributed by atoms with Crippen molar-refractivity contribution in [1.29, 1.82) is 0 Å². The second kappa shape index (κ2) is 11.4. The average molecular weight is 338 g/mol. The Morgan fingerprint density at radius 2 is 1.24 bits per heavy atom. The fourth-order valence-corrected chi connectivity index (χ4v) is 2.57. The summed E-state index contributed by atoms with van der Waals surface area (Å²) in [6, 6.07) is 16.2. The molecule has 0 heterocycles. The van der Waals surface area contributed by atoms with E-state index in [1.165, 1.54) is 37.7 Å². The molecule has 0 radical (unpaired) electrons. The highest BCUT2D eigenvalue weighted by molar-refractivity contribution is 5.43. The normalized spacial score (nSPS) is 11.1. The summed E-state index contributed by atoms with van der Waals surface area (Å²) in [6.07, 6.45) is 8.47. The number of benzene rings is 2. The molecular formula is C22H30N2O. The first-order chi connectivity index (χ1) is 12.3. The van der Waals surface area contributed by atoms with Crippen molar-refractivity contribution in [2.24, 2.45) is 10.2 Å². The monoisotopic (exact) mass is 338 g/mol. The number of unbranched alkanes of at least 4 members (excludes halogenated alkanes) is 4. The van der Waals surface area contributed by atoms with Crippen LogP contribution in [0, 0.1) is 0 Å². The maximum Gasteiger partial charge on any atom is 0.119 e. The smallest absolute Gasteiger partial charge is 0.119 e. The Labute approximate surface area is 152 Å². The summed E-state index contributed by atoms with van der Waals surface area (Å²) in [6.45, 7) is 5.20. The fraction of sp³-hybridized carbons (Fsp3) is 0.455. The molecule has 0 atom stereocenters. The summed E-state index contributed by atoms with van der Waals surface area (Å²) in [4.78, 5) is 0. The second-order valence-electron chi connectivity index (χ2n) is 6.37. The van der Waals surface area contributed by atoms with Crippen LogP contribution < -0.4 is 4.74 Å². The molecule has 2 aromatic rings. The van der Waals surface area contributed by atoms with Crippen molar-refractivity contribution >= 4 is 11.4 Å². The van der Waals surface area contributed by atoms with Crippen LogP contribution in [0.15, 0.2) is 58.8 Å². The maximum atomic E-state index is 5.71. The van der Waals surface area contributed by atoms with Crippen LogP contribution in [0.25, 0.3) is 0 Å². The summed E-state index contributed by atoms with van der Waals surface area (Å²) < 4.78 is 5.71. The number of hydrogen-bond donors (Lipinski definition) is 0. The highest BCUT2D eigenvalue weighted by Gasteiger charge is 1.97. The van der Waals surface area contributed by atoms with Gasteiger partial charge in [-0.1, -0.05) is 51.7 Å². The van der Waals surface area contributed by atoms with Crippen LogP contribution in [-0.2, 0) is 6.42 Å². The number of aryl methyl sites for hydroxylation is 1. The van der Waals surface area contributed by atoms with Gasteiger partial charge in [-0.3, -0.25) is 0 Å². The summed E-state index contributed by atoms with van der Waals surface area (Å²) in [5.41, 5.74) is 3.10. The molecule has 134 valence electrons. The Balaban J connectivity index is 1.82. The van der Waals surface area contributed by atoms with Crippen LogP contribution in [0.4, 0.5) is 11.4 Å². The average Bonchev–Trinajstić information content (AvgIpc) is 2.66. The molecule has 0 aromatic heterocycles. The molecular weight excluding hydrogens is 308 g/mol. The lowest BCUT2D eigenvalue weighted by Gasteiger charge is -2.05. The number of azo groups is 1. The van der Waals surface area contributed by atoms with E-state index in [9.17, 15) is 0 Å². The van der Waals surface area contributed by atoms with E-state index in [2.05, 4.69) is 36.2 Å². The van der Waals surface area contributed by atoms with Gasteiger partial charge in [0.1, 0.15) is 5.75 Å². The van der Waals surface area contributed by atoms with E-state index in [-0.39, 0.29) is 0 Å². The molecule has 0 unspecified atom stereocenters. The van der Waals surface area contributed by atoms with E-state index in [4.69, 9.17) is 4.74 Å².